The lowest BCUT2D eigenvalue weighted by atomic mass is 9.73. The van der Waals surface area contributed by atoms with Crippen LogP contribution in [0.1, 0.15) is 30.5 Å². The highest BCUT2D eigenvalue weighted by Gasteiger charge is 2.39. The molecule has 1 aliphatic heterocycles. The van der Waals surface area contributed by atoms with Gasteiger partial charge in [-0.05, 0) is 102 Å². The Labute approximate surface area is 336 Å². The largest absolute Gasteiger partial charge is 0.309 e. The average molecular weight is 771 g/mol. The summed E-state index contributed by atoms with van der Waals surface area (Å²) in [6.45, 7) is 6.60. The van der Waals surface area contributed by atoms with Crippen molar-refractivity contribution < 1.29 is 8.42 Å². The molecule has 0 atom stereocenters. The van der Waals surface area contributed by atoms with Crippen LogP contribution in [-0.2, 0) is 15.3 Å². The van der Waals surface area contributed by atoms with Crippen molar-refractivity contribution in [2.24, 2.45) is 0 Å². The Morgan fingerprint density at radius 1 is 0.483 bits per heavy atom. The molecule has 0 aliphatic carbocycles. The number of anilines is 3. The van der Waals surface area contributed by atoms with Gasteiger partial charge in [-0.15, -0.1) is 0 Å². The van der Waals surface area contributed by atoms with E-state index in [4.69, 9.17) is 0 Å². The average Bonchev–Trinajstić information content (AvgIpc) is 3.78. The van der Waals surface area contributed by atoms with Crippen molar-refractivity contribution in [1.29, 1.82) is 0 Å². The van der Waals surface area contributed by atoms with Gasteiger partial charge in [0, 0.05) is 38.3 Å². The van der Waals surface area contributed by atoms with Gasteiger partial charge in [0.2, 0.25) is 9.84 Å². The molecule has 3 aromatic heterocycles. The summed E-state index contributed by atoms with van der Waals surface area (Å²) in [5.41, 5.74) is 12.3. The summed E-state index contributed by atoms with van der Waals surface area (Å²) in [5.74, 6) is 0. The Hall–Kier alpha value is -6.96. The number of sulfone groups is 1. The molecule has 11 rings (SSSR count). The van der Waals surface area contributed by atoms with Crippen molar-refractivity contribution >= 4 is 70.5 Å². The number of nitrogens with zero attached hydrogens (tertiary/aromatic N) is 4. The fourth-order valence-corrected chi connectivity index (χ4v) is 10.6. The lowest BCUT2D eigenvalue weighted by Crippen LogP contribution is -2.31. The maximum atomic E-state index is 13.7. The maximum absolute atomic E-state index is 13.7. The van der Waals surface area contributed by atoms with Gasteiger partial charge in [0.25, 0.3) is 0 Å². The molecule has 0 unspecified atom stereocenters. The fourth-order valence-electron chi connectivity index (χ4n) is 9.28. The lowest BCUT2D eigenvalue weighted by molar-refractivity contribution is 0.592. The van der Waals surface area contributed by atoms with Crippen LogP contribution in [0.4, 0.5) is 17.1 Å². The number of hydrogen-bond acceptors (Lipinski definition) is 4. The van der Waals surface area contributed by atoms with Crippen molar-refractivity contribution in [1.82, 2.24) is 14.1 Å². The summed E-state index contributed by atoms with van der Waals surface area (Å²) in [6.07, 6.45) is 1.72. The molecule has 0 spiro atoms. The van der Waals surface area contributed by atoms with Crippen LogP contribution in [0.2, 0.25) is 0 Å². The van der Waals surface area contributed by atoms with Crippen LogP contribution >= 0.6 is 0 Å². The van der Waals surface area contributed by atoms with Gasteiger partial charge in [-0.2, -0.15) is 0 Å². The van der Waals surface area contributed by atoms with E-state index in [0.717, 1.165) is 67.2 Å². The molecule has 7 aromatic carbocycles. The molecule has 4 heterocycles. The second kappa shape index (κ2) is 12.5. The lowest BCUT2D eigenvalue weighted by Gasteiger charge is -2.43. The van der Waals surface area contributed by atoms with Crippen LogP contribution in [-0.4, -0.2) is 22.5 Å². The number of fused-ring (bicyclic) bond motifs is 8. The molecule has 0 N–H and O–H groups in total. The van der Waals surface area contributed by atoms with E-state index in [9.17, 15) is 8.42 Å². The summed E-state index contributed by atoms with van der Waals surface area (Å²) in [5, 5.41) is 4.88. The predicted molar refractivity (Wildman–Crippen MR) is 236 cm³/mol. The van der Waals surface area contributed by atoms with Crippen LogP contribution in [0.25, 0.3) is 55.0 Å². The number of aromatic nitrogens is 3. The number of para-hydroxylation sites is 4. The minimum absolute atomic E-state index is 0.0289. The molecule has 10 aromatic rings. The molecular formula is C51H38N4O2S. The van der Waals surface area contributed by atoms with Crippen molar-refractivity contribution in [2.75, 3.05) is 4.90 Å². The van der Waals surface area contributed by atoms with E-state index in [-0.39, 0.29) is 9.92 Å². The first-order valence-corrected chi connectivity index (χ1v) is 21.0. The first kappa shape index (κ1) is 34.3. The van der Waals surface area contributed by atoms with E-state index in [1.54, 1.807) is 36.5 Å². The SMILES string of the molecule is Cc1cc(S(=O)(=O)c2ccccc2)ncc1N1c2ccc(-n3c4ccccc4c4ccccc43)cc2C(C)(C)c2cc(-n3c4ccccc4c4ccccc43)ccc21. The van der Waals surface area contributed by atoms with E-state index in [1.807, 2.05) is 13.0 Å². The van der Waals surface area contributed by atoms with E-state index in [0.29, 0.717) is 0 Å². The molecule has 280 valence electrons. The van der Waals surface area contributed by atoms with Crippen molar-refractivity contribution in [3.8, 4) is 11.4 Å². The Kier molecular flexibility index (Phi) is 7.40. The zero-order chi connectivity index (χ0) is 39.3. The van der Waals surface area contributed by atoms with Crippen LogP contribution in [0.3, 0.4) is 0 Å². The Balaban J connectivity index is 1.15. The summed E-state index contributed by atoms with van der Waals surface area (Å²) in [6, 6.07) is 58.1. The highest BCUT2D eigenvalue weighted by Crippen LogP contribution is 2.54. The first-order valence-electron chi connectivity index (χ1n) is 19.5. The maximum Gasteiger partial charge on any atom is 0.223 e. The Morgan fingerprint density at radius 2 is 0.897 bits per heavy atom. The zero-order valence-electron chi connectivity index (χ0n) is 32.3. The van der Waals surface area contributed by atoms with Gasteiger partial charge in [-0.25, -0.2) is 13.4 Å². The third kappa shape index (κ3) is 4.90. The summed E-state index contributed by atoms with van der Waals surface area (Å²) < 4.78 is 32.2. The van der Waals surface area contributed by atoms with Crippen LogP contribution in [0.5, 0.6) is 0 Å². The number of hydrogen-bond donors (Lipinski definition) is 0. The van der Waals surface area contributed by atoms with Crippen molar-refractivity contribution in [3.05, 3.63) is 193 Å². The normalized spacial score (nSPS) is 13.7. The van der Waals surface area contributed by atoms with E-state index >= 15 is 0 Å². The number of benzene rings is 7. The summed E-state index contributed by atoms with van der Waals surface area (Å²) in [7, 11) is -3.82. The van der Waals surface area contributed by atoms with Crippen molar-refractivity contribution in [3.63, 3.8) is 0 Å². The summed E-state index contributed by atoms with van der Waals surface area (Å²) in [4.78, 5) is 7.15. The predicted octanol–water partition coefficient (Wildman–Crippen LogP) is 12.5. The molecule has 0 radical (unpaired) electrons. The highest BCUT2D eigenvalue weighted by molar-refractivity contribution is 7.91. The highest BCUT2D eigenvalue weighted by atomic mass is 32.2. The van der Waals surface area contributed by atoms with Gasteiger partial charge >= 0.3 is 0 Å². The van der Waals surface area contributed by atoms with Crippen LogP contribution in [0, 0.1) is 6.92 Å². The van der Waals surface area contributed by atoms with Gasteiger partial charge in [0.1, 0.15) is 0 Å². The standard InChI is InChI=1S/C51H38N4O2S/c1-33-29-50(58(56,57)36-15-5-4-6-16-36)52-32-49(33)55-47-27-25-34(53-43-21-11-7-17-37(43)38-18-8-12-22-44(38)53)30-41(47)51(2,3)42-31-35(26-28-48(42)55)54-45-23-13-9-19-39(45)40-20-10-14-24-46(40)54/h4-32H,1-3H3. The second-order valence-corrected chi connectivity index (χ2v) is 17.6. The molecule has 0 amide bonds. The van der Waals surface area contributed by atoms with E-state index < -0.39 is 15.3 Å². The van der Waals surface area contributed by atoms with Crippen LogP contribution in [0.15, 0.2) is 186 Å². The summed E-state index contributed by atoms with van der Waals surface area (Å²) >= 11 is 0. The van der Waals surface area contributed by atoms with Gasteiger partial charge < -0.3 is 14.0 Å². The molecule has 7 heteroatoms. The first-order chi connectivity index (χ1) is 28.2. The monoisotopic (exact) mass is 770 g/mol. The molecular weight excluding hydrogens is 733 g/mol. The molecule has 0 saturated carbocycles. The number of aryl methyl sites for hydroxylation is 1. The smallest absolute Gasteiger partial charge is 0.223 e. The molecule has 0 saturated heterocycles. The number of rotatable bonds is 5. The van der Waals surface area contributed by atoms with E-state index in [1.165, 1.54) is 21.5 Å². The minimum atomic E-state index is -3.82. The van der Waals surface area contributed by atoms with Crippen LogP contribution < -0.4 is 4.90 Å². The number of pyridine rings is 1. The molecule has 6 nitrogen and oxygen atoms in total. The van der Waals surface area contributed by atoms with Gasteiger partial charge in [0.05, 0.1) is 50.2 Å². The molecule has 0 bridgehead atoms. The van der Waals surface area contributed by atoms with Gasteiger partial charge in [-0.3, -0.25) is 0 Å². The molecule has 0 fully saturated rings. The van der Waals surface area contributed by atoms with E-state index in [2.05, 4.69) is 166 Å². The molecule has 58 heavy (non-hydrogen) atoms. The molecule has 1 aliphatic rings. The minimum Gasteiger partial charge on any atom is -0.309 e. The fraction of sp³-hybridized carbons (Fsp3) is 0.0784. The Bertz CT molecular complexity index is 3140. The zero-order valence-corrected chi connectivity index (χ0v) is 33.1. The van der Waals surface area contributed by atoms with Gasteiger partial charge in [-0.1, -0.05) is 105 Å². The Morgan fingerprint density at radius 3 is 1.33 bits per heavy atom. The van der Waals surface area contributed by atoms with Gasteiger partial charge in [0.15, 0.2) is 5.03 Å². The quantitative estimate of drug-likeness (QED) is 0.175. The third-order valence-corrected chi connectivity index (χ3v) is 13.8. The second-order valence-electron chi connectivity index (χ2n) is 15.7. The third-order valence-electron chi connectivity index (χ3n) is 12.1. The topological polar surface area (TPSA) is 60.1 Å². The van der Waals surface area contributed by atoms with Crippen molar-refractivity contribution in [2.45, 2.75) is 36.1 Å².